The molecule has 0 heterocycles. The van der Waals surface area contributed by atoms with Crippen LogP contribution in [0.1, 0.15) is 34.1 Å². The van der Waals surface area contributed by atoms with Gasteiger partial charge >= 0.3 is 11.9 Å². The largest absolute Gasteiger partial charge is 0.462 e. The van der Waals surface area contributed by atoms with Crippen LogP contribution >= 0.6 is 11.6 Å². The summed E-state index contributed by atoms with van der Waals surface area (Å²) in [4.78, 5) is 35.7. The minimum atomic E-state index is -0.955. The molecule has 1 N–H and O–H groups in total. The molecule has 0 atom stereocenters. The van der Waals surface area contributed by atoms with Crippen molar-refractivity contribution in [1.29, 1.82) is 0 Å². The van der Waals surface area contributed by atoms with Gasteiger partial charge in [-0.05, 0) is 36.8 Å². The van der Waals surface area contributed by atoms with Crippen LogP contribution in [0.3, 0.4) is 0 Å². The smallest absolute Gasteiger partial charge is 0.341 e. The van der Waals surface area contributed by atoms with Crippen molar-refractivity contribution in [1.82, 2.24) is 0 Å². The number of carbonyl (C=O) groups is 3. The van der Waals surface area contributed by atoms with Crippen LogP contribution in [0.2, 0.25) is 5.02 Å². The molecule has 0 spiro atoms. The normalized spacial score (nSPS) is 10.2. The second-order valence-corrected chi connectivity index (χ2v) is 5.84. The molecule has 6 nitrogen and oxygen atoms in total. The Balaban J connectivity index is 1.96. The van der Waals surface area contributed by atoms with E-state index in [-0.39, 0.29) is 28.4 Å². The molecule has 0 bridgehead atoms. The first kappa shape index (κ1) is 20.4. The molecule has 8 heteroatoms. The number of nitrogens with one attached hydrogen (secondary N) is 1. The lowest BCUT2D eigenvalue weighted by molar-refractivity contribution is -0.119. The summed E-state index contributed by atoms with van der Waals surface area (Å²) in [5.41, 5.74) is 0.110. The van der Waals surface area contributed by atoms with Crippen LogP contribution < -0.4 is 5.32 Å². The third-order valence-corrected chi connectivity index (χ3v) is 3.67. The molecule has 2 aromatic carbocycles. The number of hydrogen-bond acceptors (Lipinski definition) is 5. The molecule has 0 saturated heterocycles. The number of hydrogen-bond donors (Lipinski definition) is 1. The first-order valence-electron chi connectivity index (χ1n) is 8.10. The Morgan fingerprint density at radius 3 is 2.44 bits per heavy atom. The molecular weight excluding hydrogens is 377 g/mol. The zero-order valence-corrected chi connectivity index (χ0v) is 15.2. The van der Waals surface area contributed by atoms with Crippen molar-refractivity contribution in [3.05, 3.63) is 64.4 Å². The van der Waals surface area contributed by atoms with Gasteiger partial charge in [0, 0.05) is 5.69 Å². The Morgan fingerprint density at radius 1 is 1.04 bits per heavy atom. The summed E-state index contributed by atoms with van der Waals surface area (Å²) >= 11 is 5.97. The Kier molecular flexibility index (Phi) is 7.31. The van der Waals surface area contributed by atoms with Crippen molar-refractivity contribution >= 4 is 35.1 Å². The summed E-state index contributed by atoms with van der Waals surface area (Å²) in [6.45, 7) is 1.48. The molecule has 1 amide bonds. The van der Waals surface area contributed by atoms with Crippen LogP contribution in [0.4, 0.5) is 10.1 Å². The van der Waals surface area contributed by atoms with Gasteiger partial charge in [-0.3, -0.25) is 4.79 Å². The van der Waals surface area contributed by atoms with Crippen molar-refractivity contribution < 1.29 is 28.2 Å². The molecule has 0 aliphatic carbocycles. The van der Waals surface area contributed by atoms with Gasteiger partial charge in [-0.1, -0.05) is 30.7 Å². The van der Waals surface area contributed by atoms with E-state index in [0.717, 1.165) is 6.07 Å². The second kappa shape index (κ2) is 9.68. The van der Waals surface area contributed by atoms with Crippen LogP contribution in [0, 0.1) is 5.82 Å². The highest BCUT2D eigenvalue weighted by Gasteiger charge is 2.16. The molecule has 0 aliphatic rings. The molecular formula is C19H17ClFNO5. The number of amides is 1. The van der Waals surface area contributed by atoms with Gasteiger partial charge in [0.05, 0.1) is 22.8 Å². The molecule has 0 radical (unpaired) electrons. The van der Waals surface area contributed by atoms with E-state index >= 15 is 0 Å². The fraction of sp³-hybridized carbons (Fsp3) is 0.211. The van der Waals surface area contributed by atoms with Gasteiger partial charge in [0.15, 0.2) is 6.61 Å². The van der Waals surface area contributed by atoms with Gasteiger partial charge in [-0.15, -0.1) is 0 Å². The number of ether oxygens (including phenoxy) is 2. The van der Waals surface area contributed by atoms with Gasteiger partial charge in [-0.2, -0.15) is 0 Å². The van der Waals surface area contributed by atoms with Crippen LogP contribution in [-0.2, 0) is 14.3 Å². The standard InChI is InChI=1S/C19H17ClFNO5/c1-2-9-26-19(25)14-10-12(7-8-15(14)20)22-17(23)11-27-18(24)13-5-3-4-6-16(13)21/h3-8,10H,2,9,11H2,1H3,(H,22,23). The highest BCUT2D eigenvalue weighted by molar-refractivity contribution is 6.33. The number of rotatable bonds is 7. The van der Waals surface area contributed by atoms with E-state index in [4.69, 9.17) is 21.1 Å². The average molecular weight is 394 g/mol. The van der Waals surface area contributed by atoms with E-state index < -0.39 is 30.3 Å². The van der Waals surface area contributed by atoms with E-state index in [2.05, 4.69) is 5.32 Å². The van der Waals surface area contributed by atoms with E-state index in [1.807, 2.05) is 6.92 Å². The summed E-state index contributed by atoms with van der Waals surface area (Å²) in [5.74, 6) is -2.96. The minimum absolute atomic E-state index is 0.103. The fourth-order valence-electron chi connectivity index (χ4n) is 2.06. The molecule has 0 aromatic heterocycles. The van der Waals surface area contributed by atoms with Gasteiger partial charge in [0.25, 0.3) is 5.91 Å². The monoisotopic (exact) mass is 393 g/mol. The molecule has 2 aromatic rings. The topological polar surface area (TPSA) is 81.7 Å². The van der Waals surface area contributed by atoms with Gasteiger partial charge in [-0.25, -0.2) is 14.0 Å². The second-order valence-electron chi connectivity index (χ2n) is 5.43. The molecule has 0 saturated carbocycles. The van der Waals surface area contributed by atoms with E-state index in [0.29, 0.717) is 6.42 Å². The maximum Gasteiger partial charge on any atom is 0.341 e. The summed E-state index contributed by atoms with van der Waals surface area (Å²) in [7, 11) is 0. The van der Waals surface area contributed by atoms with Crippen molar-refractivity contribution in [2.45, 2.75) is 13.3 Å². The fourth-order valence-corrected chi connectivity index (χ4v) is 2.26. The number of benzene rings is 2. The lowest BCUT2D eigenvalue weighted by Crippen LogP contribution is -2.21. The number of halogens is 2. The van der Waals surface area contributed by atoms with Crippen molar-refractivity contribution in [3.63, 3.8) is 0 Å². The zero-order chi connectivity index (χ0) is 19.8. The molecule has 0 aliphatic heterocycles. The van der Waals surface area contributed by atoms with E-state index in [9.17, 15) is 18.8 Å². The Bertz CT molecular complexity index is 856. The van der Waals surface area contributed by atoms with Crippen LogP contribution in [0.25, 0.3) is 0 Å². The minimum Gasteiger partial charge on any atom is -0.462 e. The SMILES string of the molecule is CCCOC(=O)c1cc(NC(=O)COC(=O)c2ccccc2F)ccc1Cl. The predicted octanol–water partition coefficient (Wildman–Crippen LogP) is 3.84. The number of esters is 2. The predicted molar refractivity (Wildman–Crippen MR) is 97.3 cm³/mol. The van der Waals surface area contributed by atoms with Crippen LogP contribution in [0.5, 0.6) is 0 Å². The lowest BCUT2D eigenvalue weighted by atomic mass is 10.2. The summed E-state index contributed by atoms with van der Waals surface area (Å²) in [6, 6.07) is 9.55. The van der Waals surface area contributed by atoms with Gasteiger partial charge in [0.1, 0.15) is 5.82 Å². The van der Waals surface area contributed by atoms with Crippen molar-refractivity contribution in [2.75, 3.05) is 18.5 Å². The first-order chi connectivity index (χ1) is 12.9. The third-order valence-electron chi connectivity index (χ3n) is 3.34. The molecule has 0 unspecified atom stereocenters. The average Bonchev–Trinajstić information content (AvgIpc) is 2.66. The van der Waals surface area contributed by atoms with Crippen molar-refractivity contribution in [2.24, 2.45) is 0 Å². The molecule has 27 heavy (non-hydrogen) atoms. The molecule has 2 rings (SSSR count). The van der Waals surface area contributed by atoms with Crippen LogP contribution in [0.15, 0.2) is 42.5 Å². The van der Waals surface area contributed by atoms with Crippen molar-refractivity contribution in [3.8, 4) is 0 Å². The summed E-state index contributed by atoms with van der Waals surface area (Å²) in [6.07, 6.45) is 0.660. The Hall–Kier alpha value is -2.93. The highest BCUT2D eigenvalue weighted by atomic mass is 35.5. The maximum atomic E-state index is 13.5. The Morgan fingerprint density at radius 2 is 1.74 bits per heavy atom. The van der Waals surface area contributed by atoms with Gasteiger partial charge in [0.2, 0.25) is 0 Å². The van der Waals surface area contributed by atoms with E-state index in [1.54, 1.807) is 0 Å². The number of carbonyl (C=O) groups excluding carboxylic acids is 3. The quantitative estimate of drug-likeness (QED) is 0.723. The van der Waals surface area contributed by atoms with Crippen LogP contribution in [-0.4, -0.2) is 31.1 Å². The van der Waals surface area contributed by atoms with Gasteiger partial charge < -0.3 is 14.8 Å². The van der Waals surface area contributed by atoms with E-state index in [1.165, 1.54) is 36.4 Å². The summed E-state index contributed by atoms with van der Waals surface area (Å²) < 4.78 is 23.3. The lowest BCUT2D eigenvalue weighted by Gasteiger charge is -2.10. The number of anilines is 1. The summed E-state index contributed by atoms with van der Waals surface area (Å²) in [5, 5.41) is 2.65. The maximum absolute atomic E-state index is 13.5. The molecule has 0 fully saturated rings. The highest BCUT2D eigenvalue weighted by Crippen LogP contribution is 2.21. The Labute approximate surface area is 160 Å². The zero-order valence-electron chi connectivity index (χ0n) is 14.5. The molecule has 142 valence electrons. The third kappa shape index (κ3) is 5.79. The first-order valence-corrected chi connectivity index (χ1v) is 8.48.